The third kappa shape index (κ3) is 3.33. The molecule has 4 rings (SSSR count). The Kier molecular flexibility index (Phi) is 4.45. The van der Waals surface area contributed by atoms with E-state index in [9.17, 15) is 9.59 Å². The van der Waals surface area contributed by atoms with Crippen molar-refractivity contribution in [1.82, 2.24) is 14.6 Å². The van der Waals surface area contributed by atoms with Crippen LogP contribution in [0.15, 0.2) is 42.9 Å². The van der Waals surface area contributed by atoms with Gasteiger partial charge in [0.05, 0.1) is 12.7 Å². The van der Waals surface area contributed by atoms with E-state index in [4.69, 9.17) is 9.47 Å². The van der Waals surface area contributed by atoms with Gasteiger partial charge in [-0.15, -0.1) is 10.2 Å². The van der Waals surface area contributed by atoms with Crippen molar-refractivity contribution in [3.63, 3.8) is 0 Å². The Hall–Kier alpha value is -3.42. The molecule has 1 aliphatic rings. The van der Waals surface area contributed by atoms with Crippen molar-refractivity contribution in [1.29, 1.82) is 0 Å². The fourth-order valence-electron chi connectivity index (χ4n) is 3.20. The van der Waals surface area contributed by atoms with Crippen molar-refractivity contribution < 1.29 is 19.1 Å². The van der Waals surface area contributed by atoms with Gasteiger partial charge in [0.1, 0.15) is 12.1 Å². The predicted molar refractivity (Wildman–Crippen MR) is 96.9 cm³/mol. The van der Waals surface area contributed by atoms with E-state index in [1.54, 1.807) is 34.7 Å². The number of esters is 1. The third-order valence-electron chi connectivity index (χ3n) is 4.56. The maximum absolute atomic E-state index is 12.6. The van der Waals surface area contributed by atoms with Gasteiger partial charge in [-0.1, -0.05) is 0 Å². The average Bonchev–Trinajstić information content (AvgIpc) is 3.18. The molecule has 3 aromatic rings. The van der Waals surface area contributed by atoms with E-state index >= 15 is 0 Å². The Morgan fingerprint density at radius 3 is 2.96 bits per heavy atom. The zero-order valence-electron chi connectivity index (χ0n) is 14.8. The molecule has 0 fully saturated rings. The summed E-state index contributed by atoms with van der Waals surface area (Å²) in [5.41, 5.74) is 2.86. The number of aromatic nitrogens is 3. The summed E-state index contributed by atoms with van der Waals surface area (Å²) in [7, 11) is 1.62. The van der Waals surface area contributed by atoms with Crippen molar-refractivity contribution in [3.8, 4) is 5.75 Å². The van der Waals surface area contributed by atoms with Gasteiger partial charge in [-0.05, 0) is 48.7 Å². The number of amides is 1. The fraction of sp³-hybridized carbons (Fsp3) is 0.263. The van der Waals surface area contributed by atoms with Gasteiger partial charge in [-0.25, -0.2) is 4.79 Å². The molecule has 0 radical (unpaired) electrons. The molecule has 0 aliphatic carbocycles. The highest BCUT2D eigenvalue weighted by Crippen LogP contribution is 2.30. The smallest absolute Gasteiger partial charge is 0.340 e. The minimum Gasteiger partial charge on any atom is -0.497 e. The molecule has 8 nitrogen and oxygen atoms in total. The van der Waals surface area contributed by atoms with Crippen LogP contribution in [0.2, 0.25) is 0 Å². The lowest BCUT2D eigenvalue weighted by Gasteiger charge is -2.29. The van der Waals surface area contributed by atoms with Crippen LogP contribution in [0.4, 0.5) is 5.69 Å². The van der Waals surface area contributed by atoms with E-state index in [2.05, 4.69) is 10.2 Å². The minimum atomic E-state index is -0.564. The first kappa shape index (κ1) is 17.0. The topological polar surface area (TPSA) is 86.0 Å². The van der Waals surface area contributed by atoms with Gasteiger partial charge in [0.2, 0.25) is 0 Å². The van der Waals surface area contributed by atoms with Gasteiger partial charge in [-0.2, -0.15) is 0 Å². The van der Waals surface area contributed by atoms with E-state index < -0.39 is 5.97 Å². The molecule has 0 atom stereocenters. The van der Waals surface area contributed by atoms with Gasteiger partial charge in [0.25, 0.3) is 5.91 Å². The summed E-state index contributed by atoms with van der Waals surface area (Å²) in [4.78, 5) is 26.5. The highest BCUT2D eigenvalue weighted by atomic mass is 16.5. The molecule has 138 valence electrons. The number of methoxy groups -OCH3 is 1. The molecule has 0 bridgehead atoms. The Labute approximate surface area is 155 Å². The number of hydrogen-bond acceptors (Lipinski definition) is 6. The molecule has 3 heterocycles. The van der Waals surface area contributed by atoms with Crippen LogP contribution >= 0.6 is 0 Å². The Bertz CT molecular complexity index is 1010. The van der Waals surface area contributed by atoms with Gasteiger partial charge in [0.15, 0.2) is 12.3 Å². The van der Waals surface area contributed by atoms with Crippen molar-refractivity contribution >= 4 is 23.2 Å². The number of aryl methyl sites for hydroxylation is 1. The second-order valence-electron chi connectivity index (χ2n) is 6.23. The standard InChI is InChI=1S/C19H18N4O4/c1-26-15-5-6-16-13(9-15)3-2-8-23(16)18(24)11-27-19(25)14-4-7-17-21-20-12-22(17)10-14/h4-7,9-10,12H,2-3,8,11H2,1H3. The quantitative estimate of drug-likeness (QED) is 0.655. The first-order valence-corrected chi connectivity index (χ1v) is 8.59. The number of carbonyl (C=O) groups excluding carboxylic acids is 2. The molecular weight excluding hydrogens is 348 g/mol. The lowest BCUT2D eigenvalue weighted by molar-refractivity contribution is -0.121. The zero-order chi connectivity index (χ0) is 18.8. The molecule has 1 amide bonds. The van der Waals surface area contributed by atoms with Crippen molar-refractivity contribution in [3.05, 3.63) is 54.0 Å². The zero-order valence-corrected chi connectivity index (χ0v) is 14.8. The van der Waals surface area contributed by atoms with Crippen LogP contribution in [0.1, 0.15) is 22.3 Å². The molecule has 0 spiro atoms. The summed E-state index contributed by atoms with van der Waals surface area (Å²) in [6, 6.07) is 8.89. The van der Waals surface area contributed by atoms with Crippen LogP contribution in [0.25, 0.3) is 5.65 Å². The first-order chi connectivity index (χ1) is 13.2. The minimum absolute atomic E-state index is 0.250. The van der Waals surface area contributed by atoms with Crippen LogP contribution in [0.5, 0.6) is 5.75 Å². The highest BCUT2D eigenvalue weighted by molar-refractivity contribution is 5.98. The number of carbonyl (C=O) groups is 2. The van der Waals surface area contributed by atoms with Gasteiger partial charge in [-0.3, -0.25) is 9.20 Å². The molecule has 0 unspecified atom stereocenters. The van der Waals surface area contributed by atoms with E-state index in [-0.39, 0.29) is 12.5 Å². The lowest BCUT2D eigenvalue weighted by atomic mass is 10.0. The first-order valence-electron chi connectivity index (χ1n) is 8.59. The molecule has 0 saturated carbocycles. The van der Waals surface area contributed by atoms with Crippen molar-refractivity contribution in [2.45, 2.75) is 12.8 Å². The molecule has 1 aliphatic heterocycles. The summed E-state index contributed by atoms with van der Waals surface area (Å²) in [5.74, 6) is -0.0513. The average molecular weight is 366 g/mol. The number of anilines is 1. The third-order valence-corrected chi connectivity index (χ3v) is 4.56. The highest BCUT2D eigenvalue weighted by Gasteiger charge is 2.24. The summed E-state index contributed by atoms with van der Waals surface area (Å²) in [5, 5.41) is 7.64. The largest absolute Gasteiger partial charge is 0.497 e. The monoisotopic (exact) mass is 366 g/mol. The molecule has 27 heavy (non-hydrogen) atoms. The SMILES string of the molecule is COc1ccc2c(c1)CCCN2C(=O)COC(=O)c1ccc2nncn2c1. The van der Waals surface area contributed by atoms with Crippen LogP contribution in [-0.2, 0) is 16.0 Å². The van der Waals surface area contributed by atoms with Gasteiger partial charge in [0, 0.05) is 18.4 Å². The summed E-state index contributed by atoms with van der Waals surface area (Å²) in [6.45, 7) is 0.285. The maximum Gasteiger partial charge on any atom is 0.340 e. The molecule has 1 aromatic carbocycles. The van der Waals surface area contributed by atoms with E-state index in [0.29, 0.717) is 17.8 Å². The summed E-state index contributed by atoms with van der Waals surface area (Å²) in [6.07, 6.45) is 4.81. The normalized spacial score (nSPS) is 13.3. The van der Waals surface area contributed by atoms with Crippen molar-refractivity contribution in [2.24, 2.45) is 0 Å². The summed E-state index contributed by atoms with van der Waals surface area (Å²) >= 11 is 0. The van der Waals surface area contributed by atoms with Gasteiger partial charge < -0.3 is 14.4 Å². The lowest BCUT2D eigenvalue weighted by Crippen LogP contribution is -2.38. The molecule has 0 saturated heterocycles. The Morgan fingerprint density at radius 1 is 1.22 bits per heavy atom. The Balaban J connectivity index is 1.44. The van der Waals surface area contributed by atoms with Crippen molar-refractivity contribution in [2.75, 3.05) is 25.2 Å². The second kappa shape index (κ2) is 7.06. The molecule has 2 aromatic heterocycles. The molecule has 0 N–H and O–H groups in total. The molecule has 8 heteroatoms. The summed E-state index contributed by atoms with van der Waals surface area (Å²) < 4.78 is 12.1. The molecular formula is C19H18N4O4. The van der Waals surface area contributed by atoms with E-state index in [0.717, 1.165) is 29.8 Å². The number of pyridine rings is 1. The van der Waals surface area contributed by atoms with E-state index in [1.165, 1.54) is 6.33 Å². The number of nitrogens with zero attached hydrogens (tertiary/aromatic N) is 4. The van der Waals surface area contributed by atoms with Crippen LogP contribution in [-0.4, -0.2) is 46.7 Å². The van der Waals surface area contributed by atoms with Crippen LogP contribution in [0, 0.1) is 0 Å². The maximum atomic E-state index is 12.6. The van der Waals surface area contributed by atoms with Crippen LogP contribution < -0.4 is 9.64 Å². The Morgan fingerprint density at radius 2 is 2.11 bits per heavy atom. The van der Waals surface area contributed by atoms with Crippen LogP contribution in [0.3, 0.4) is 0 Å². The van der Waals surface area contributed by atoms with E-state index in [1.807, 2.05) is 18.2 Å². The number of rotatable bonds is 4. The predicted octanol–water partition coefficient (Wildman–Crippen LogP) is 1.87. The number of benzene rings is 1. The number of fused-ring (bicyclic) bond motifs is 2. The number of hydrogen-bond donors (Lipinski definition) is 0. The number of ether oxygens (including phenoxy) is 2. The fourth-order valence-corrected chi connectivity index (χ4v) is 3.20. The second-order valence-corrected chi connectivity index (χ2v) is 6.23. The van der Waals surface area contributed by atoms with Gasteiger partial charge >= 0.3 is 5.97 Å².